The predicted octanol–water partition coefficient (Wildman–Crippen LogP) is 2.61. The van der Waals surface area contributed by atoms with E-state index in [1.165, 1.54) is 24.4 Å². The molecule has 1 fully saturated rings. The van der Waals surface area contributed by atoms with Crippen LogP contribution in [0.5, 0.6) is 0 Å². The highest BCUT2D eigenvalue weighted by Crippen LogP contribution is 2.43. The molecule has 0 aromatic carbocycles. The number of rotatable bonds is 2. The summed E-state index contributed by atoms with van der Waals surface area (Å²) in [6, 6.07) is 2.24. The fraction of sp³-hybridized carbons (Fsp3) is 0.500. The molecule has 1 aromatic heterocycles. The van der Waals surface area contributed by atoms with Gasteiger partial charge in [-0.15, -0.1) is 11.8 Å². The van der Waals surface area contributed by atoms with Crippen molar-refractivity contribution >= 4 is 23.3 Å². The van der Waals surface area contributed by atoms with Crippen LogP contribution in [0.3, 0.4) is 0 Å². The normalized spacial score (nSPS) is 16.0. The van der Waals surface area contributed by atoms with E-state index >= 15 is 0 Å². The number of hydrogen-bond acceptors (Lipinski definition) is 4. The summed E-state index contributed by atoms with van der Waals surface area (Å²) < 4.78 is 5.39. The van der Waals surface area contributed by atoms with E-state index in [2.05, 4.69) is 10.4 Å². The molecule has 0 saturated heterocycles. The minimum atomic E-state index is 0.594. The first-order valence-electron chi connectivity index (χ1n) is 3.80. The van der Waals surface area contributed by atoms with Crippen LogP contribution in [0.25, 0.3) is 0 Å². The molecular formula is C8H8N2S2. The van der Waals surface area contributed by atoms with E-state index in [9.17, 15) is 0 Å². The summed E-state index contributed by atoms with van der Waals surface area (Å²) in [6.45, 7) is 0. The second-order valence-corrected chi connectivity index (χ2v) is 4.67. The molecule has 1 heterocycles. The van der Waals surface area contributed by atoms with Gasteiger partial charge in [0.25, 0.3) is 0 Å². The van der Waals surface area contributed by atoms with Crippen LogP contribution >= 0.6 is 23.3 Å². The Morgan fingerprint density at radius 3 is 2.92 bits per heavy atom. The van der Waals surface area contributed by atoms with Gasteiger partial charge in [0, 0.05) is 5.92 Å². The molecule has 62 valence electrons. The second kappa shape index (κ2) is 3.08. The third-order valence-corrected chi connectivity index (χ3v) is 3.90. The van der Waals surface area contributed by atoms with Crippen molar-refractivity contribution in [1.82, 2.24) is 4.37 Å². The number of nitrogens with zero attached hydrogens (tertiary/aromatic N) is 2. The van der Waals surface area contributed by atoms with Gasteiger partial charge in [-0.3, -0.25) is 0 Å². The van der Waals surface area contributed by atoms with Crippen LogP contribution < -0.4 is 0 Å². The molecular weight excluding hydrogens is 188 g/mol. The summed E-state index contributed by atoms with van der Waals surface area (Å²) in [5.74, 6) is 0.594. The standard InChI is InChI=1S/C8H8N2S2/c1-11-8-6(4-9)7(10-12-8)5-2-3-5/h5H,2-3H2,1H3. The lowest BCUT2D eigenvalue weighted by Gasteiger charge is -1.90. The quantitative estimate of drug-likeness (QED) is 0.682. The fourth-order valence-electron chi connectivity index (χ4n) is 1.16. The number of hydrogen-bond donors (Lipinski definition) is 0. The lowest BCUT2D eigenvalue weighted by molar-refractivity contribution is 1.06. The van der Waals surface area contributed by atoms with Crippen molar-refractivity contribution < 1.29 is 0 Å². The van der Waals surface area contributed by atoms with Gasteiger partial charge in [0.15, 0.2) is 0 Å². The Bertz CT molecular complexity index is 333. The zero-order valence-electron chi connectivity index (χ0n) is 6.70. The average molecular weight is 196 g/mol. The third-order valence-electron chi connectivity index (χ3n) is 1.95. The molecule has 0 N–H and O–H groups in total. The maximum atomic E-state index is 8.90. The number of thioether (sulfide) groups is 1. The Kier molecular flexibility index (Phi) is 2.07. The smallest absolute Gasteiger partial charge is 0.103 e. The zero-order chi connectivity index (χ0) is 8.55. The van der Waals surface area contributed by atoms with Crippen molar-refractivity contribution in [1.29, 1.82) is 5.26 Å². The molecule has 0 aliphatic heterocycles. The maximum Gasteiger partial charge on any atom is 0.103 e. The fourth-order valence-corrected chi connectivity index (χ4v) is 2.59. The van der Waals surface area contributed by atoms with Crippen molar-refractivity contribution in [2.45, 2.75) is 23.0 Å². The molecule has 1 aliphatic rings. The Morgan fingerprint density at radius 2 is 2.42 bits per heavy atom. The minimum absolute atomic E-state index is 0.594. The van der Waals surface area contributed by atoms with Gasteiger partial charge >= 0.3 is 0 Å². The summed E-state index contributed by atoms with van der Waals surface area (Å²) in [5, 5.41) is 8.90. The lowest BCUT2D eigenvalue weighted by Crippen LogP contribution is -1.83. The Labute approximate surface area is 79.8 Å². The van der Waals surface area contributed by atoms with Crippen molar-refractivity contribution in [3.05, 3.63) is 11.3 Å². The molecule has 0 unspecified atom stereocenters. The summed E-state index contributed by atoms with van der Waals surface area (Å²) in [7, 11) is 0. The molecule has 0 spiro atoms. The van der Waals surface area contributed by atoms with E-state index in [4.69, 9.17) is 5.26 Å². The van der Waals surface area contributed by atoms with Gasteiger partial charge < -0.3 is 0 Å². The van der Waals surface area contributed by atoms with Crippen LogP contribution in [0.4, 0.5) is 0 Å². The van der Waals surface area contributed by atoms with Gasteiger partial charge in [0.2, 0.25) is 0 Å². The highest BCUT2D eigenvalue weighted by Gasteiger charge is 2.30. The largest absolute Gasteiger partial charge is 0.195 e. The van der Waals surface area contributed by atoms with E-state index in [1.807, 2.05) is 6.26 Å². The van der Waals surface area contributed by atoms with E-state index in [0.29, 0.717) is 5.92 Å². The van der Waals surface area contributed by atoms with Gasteiger partial charge in [-0.05, 0) is 30.6 Å². The highest BCUT2D eigenvalue weighted by molar-refractivity contribution is 8.00. The van der Waals surface area contributed by atoms with Crippen LogP contribution in [0.1, 0.15) is 30.0 Å². The van der Waals surface area contributed by atoms with E-state index in [0.717, 1.165) is 15.5 Å². The number of aromatic nitrogens is 1. The van der Waals surface area contributed by atoms with Gasteiger partial charge in [-0.1, -0.05) is 0 Å². The molecule has 2 nitrogen and oxygen atoms in total. The predicted molar refractivity (Wildman–Crippen MR) is 50.6 cm³/mol. The molecule has 0 bridgehead atoms. The molecule has 0 atom stereocenters. The molecule has 1 saturated carbocycles. The molecule has 0 amide bonds. The zero-order valence-corrected chi connectivity index (χ0v) is 8.34. The summed E-state index contributed by atoms with van der Waals surface area (Å²) >= 11 is 3.08. The summed E-state index contributed by atoms with van der Waals surface area (Å²) in [6.07, 6.45) is 4.42. The van der Waals surface area contributed by atoms with Crippen LogP contribution in [0, 0.1) is 11.3 Å². The first-order valence-corrected chi connectivity index (χ1v) is 5.80. The molecule has 1 aliphatic carbocycles. The van der Waals surface area contributed by atoms with Crippen molar-refractivity contribution in [2.24, 2.45) is 0 Å². The van der Waals surface area contributed by atoms with E-state index < -0.39 is 0 Å². The second-order valence-electron chi connectivity index (χ2n) is 2.82. The van der Waals surface area contributed by atoms with Crippen molar-refractivity contribution in [3.8, 4) is 6.07 Å². The lowest BCUT2D eigenvalue weighted by atomic mass is 10.2. The Hall–Kier alpha value is -0.530. The summed E-state index contributed by atoms with van der Waals surface area (Å²) in [5.41, 5.74) is 1.88. The molecule has 0 radical (unpaired) electrons. The average Bonchev–Trinajstić information content (AvgIpc) is 2.85. The monoisotopic (exact) mass is 196 g/mol. The van der Waals surface area contributed by atoms with Crippen LogP contribution in [0.2, 0.25) is 0 Å². The molecule has 4 heteroatoms. The summed E-state index contributed by atoms with van der Waals surface area (Å²) in [4.78, 5) is 0. The van der Waals surface area contributed by atoms with Gasteiger partial charge in [0.05, 0.1) is 15.5 Å². The SMILES string of the molecule is CSc1snc(C2CC2)c1C#N. The minimum Gasteiger partial charge on any atom is -0.195 e. The highest BCUT2D eigenvalue weighted by atomic mass is 32.2. The molecule has 1 aromatic rings. The molecule has 12 heavy (non-hydrogen) atoms. The molecule has 2 rings (SSSR count). The van der Waals surface area contributed by atoms with Crippen LogP contribution in [0.15, 0.2) is 4.21 Å². The van der Waals surface area contributed by atoms with Gasteiger partial charge in [0.1, 0.15) is 6.07 Å². The van der Waals surface area contributed by atoms with Gasteiger partial charge in [-0.25, -0.2) is 0 Å². The van der Waals surface area contributed by atoms with Crippen molar-refractivity contribution in [2.75, 3.05) is 6.26 Å². The topological polar surface area (TPSA) is 36.7 Å². The number of nitriles is 1. The first-order chi connectivity index (χ1) is 5.86. The van der Waals surface area contributed by atoms with E-state index in [-0.39, 0.29) is 0 Å². The van der Waals surface area contributed by atoms with Crippen LogP contribution in [-0.4, -0.2) is 10.6 Å². The van der Waals surface area contributed by atoms with E-state index in [1.54, 1.807) is 11.8 Å². The van der Waals surface area contributed by atoms with Crippen LogP contribution in [-0.2, 0) is 0 Å². The van der Waals surface area contributed by atoms with Crippen molar-refractivity contribution in [3.63, 3.8) is 0 Å². The maximum absolute atomic E-state index is 8.90. The first kappa shape index (κ1) is 8.09. The Morgan fingerprint density at radius 1 is 1.67 bits per heavy atom. The van der Waals surface area contributed by atoms with Gasteiger partial charge in [-0.2, -0.15) is 9.64 Å². The third kappa shape index (κ3) is 1.23. The Balaban J connectivity index is 2.42.